The van der Waals surface area contributed by atoms with Crippen LogP contribution in [0.3, 0.4) is 0 Å². The summed E-state index contributed by atoms with van der Waals surface area (Å²) >= 11 is 0. The SMILES string of the molecule is CCS(=O)(=O)N(CC(=O)Nc1c(C)cccc1C(C)C)c1ccc2c(c1)OCO2. The van der Waals surface area contributed by atoms with Crippen LogP contribution in [0.25, 0.3) is 0 Å². The van der Waals surface area contributed by atoms with Crippen LogP contribution in [0.2, 0.25) is 0 Å². The number of rotatable bonds is 7. The molecule has 156 valence electrons. The third kappa shape index (κ3) is 4.48. The van der Waals surface area contributed by atoms with Gasteiger partial charge >= 0.3 is 0 Å². The Labute approximate surface area is 171 Å². The number of para-hydroxylation sites is 1. The number of hydrogen-bond acceptors (Lipinski definition) is 5. The molecule has 1 aliphatic heterocycles. The fourth-order valence-corrected chi connectivity index (χ4v) is 4.26. The van der Waals surface area contributed by atoms with Gasteiger partial charge in [0.15, 0.2) is 11.5 Å². The van der Waals surface area contributed by atoms with Crippen LogP contribution in [0.1, 0.15) is 37.8 Å². The van der Waals surface area contributed by atoms with Gasteiger partial charge < -0.3 is 14.8 Å². The lowest BCUT2D eigenvalue weighted by molar-refractivity contribution is -0.114. The molecule has 0 spiro atoms. The number of anilines is 2. The van der Waals surface area contributed by atoms with Crippen molar-refractivity contribution in [1.29, 1.82) is 0 Å². The van der Waals surface area contributed by atoms with Crippen LogP contribution < -0.4 is 19.1 Å². The van der Waals surface area contributed by atoms with Gasteiger partial charge in [0.1, 0.15) is 6.54 Å². The number of carbonyl (C=O) groups excluding carboxylic acids is 1. The van der Waals surface area contributed by atoms with Gasteiger partial charge in [-0.05, 0) is 43.0 Å². The molecule has 0 saturated heterocycles. The molecule has 8 heteroatoms. The second kappa shape index (κ2) is 8.32. The maximum Gasteiger partial charge on any atom is 0.245 e. The number of hydrogen-bond donors (Lipinski definition) is 1. The quantitative estimate of drug-likeness (QED) is 0.742. The van der Waals surface area contributed by atoms with Gasteiger partial charge in [-0.2, -0.15) is 0 Å². The fourth-order valence-electron chi connectivity index (χ4n) is 3.20. The van der Waals surface area contributed by atoms with Gasteiger partial charge in [-0.15, -0.1) is 0 Å². The van der Waals surface area contributed by atoms with Gasteiger partial charge in [0.25, 0.3) is 0 Å². The Hall–Kier alpha value is -2.74. The van der Waals surface area contributed by atoms with E-state index in [9.17, 15) is 13.2 Å². The van der Waals surface area contributed by atoms with E-state index in [0.717, 1.165) is 21.1 Å². The van der Waals surface area contributed by atoms with Crippen LogP contribution >= 0.6 is 0 Å². The van der Waals surface area contributed by atoms with Gasteiger partial charge in [-0.1, -0.05) is 32.0 Å². The highest BCUT2D eigenvalue weighted by Gasteiger charge is 2.26. The first kappa shape index (κ1) is 21.0. The van der Waals surface area contributed by atoms with Gasteiger partial charge in [0.2, 0.25) is 22.7 Å². The van der Waals surface area contributed by atoms with E-state index in [0.29, 0.717) is 17.2 Å². The second-order valence-electron chi connectivity index (χ2n) is 7.19. The molecule has 2 aromatic rings. The zero-order valence-electron chi connectivity index (χ0n) is 17.1. The largest absolute Gasteiger partial charge is 0.454 e. The lowest BCUT2D eigenvalue weighted by Gasteiger charge is -2.24. The molecule has 0 radical (unpaired) electrons. The molecule has 0 aromatic heterocycles. The molecule has 1 N–H and O–H groups in total. The highest BCUT2D eigenvalue weighted by atomic mass is 32.2. The van der Waals surface area contributed by atoms with Crippen molar-refractivity contribution in [2.75, 3.05) is 28.7 Å². The van der Waals surface area contributed by atoms with E-state index in [2.05, 4.69) is 5.32 Å². The zero-order chi connectivity index (χ0) is 21.2. The molecule has 0 bridgehead atoms. The van der Waals surface area contributed by atoms with Crippen LogP contribution in [0, 0.1) is 6.92 Å². The van der Waals surface area contributed by atoms with Crippen LogP contribution in [0.4, 0.5) is 11.4 Å². The summed E-state index contributed by atoms with van der Waals surface area (Å²) < 4.78 is 37.2. The van der Waals surface area contributed by atoms with Crippen LogP contribution in [-0.2, 0) is 14.8 Å². The molecule has 1 aliphatic rings. The van der Waals surface area contributed by atoms with Crippen molar-refractivity contribution in [3.63, 3.8) is 0 Å². The summed E-state index contributed by atoms with van der Waals surface area (Å²) in [5.41, 5.74) is 3.02. The van der Waals surface area contributed by atoms with E-state index >= 15 is 0 Å². The van der Waals surface area contributed by atoms with Gasteiger partial charge in [-0.25, -0.2) is 8.42 Å². The van der Waals surface area contributed by atoms with E-state index < -0.39 is 15.9 Å². The monoisotopic (exact) mass is 418 g/mol. The molecule has 0 unspecified atom stereocenters. The number of nitrogens with one attached hydrogen (secondary N) is 1. The summed E-state index contributed by atoms with van der Waals surface area (Å²) in [6.45, 7) is 7.31. The Balaban J connectivity index is 1.89. The molecular formula is C21H26N2O5S. The van der Waals surface area contributed by atoms with Crippen molar-refractivity contribution < 1.29 is 22.7 Å². The van der Waals surface area contributed by atoms with E-state index in [-0.39, 0.29) is 25.0 Å². The molecular weight excluding hydrogens is 392 g/mol. The summed E-state index contributed by atoms with van der Waals surface area (Å²) in [5.74, 6) is 0.690. The predicted molar refractivity (Wildman–Crippen MR) is 113 cm³/mol. The summed E-state index contributed by atoms with van der Waals surface area (Å²) in [6, 6.07) is 10.7. The smallest absolute Gasteiger partial charge is 0.245 e. The van der Waals surface area contributed by atoms with E-state index in [1.54, 1.807) is 25.1 Å². The maximum absolute atomic E-state index is 12.8. The summed E-state index contributed by atoms with van der Waals surface area (Å²) in [5, 5.41) is 2.91. The molecule has 0 fully saturated rings. The van der Waals surface area contributed by atoms with Gasteiger partial charge in [0, 0.05) is 11.8 Å². The molecule has 1 heterocycles. The van der Waals surface area contributed by atoms with Gasteiger partial charge in [-0.3, -0.25) is 9.10 Å². The number of aryl methyl sites for hydroxylation is 1. The number of carbonyl (C=O) groups is 1. The highest BCUT2D eigenvalue weighted by Crippen LogP contribution is 2.36. The Morgan fingerprint density at radius 2 is 1.90 bits per heavy atom. The minimum atomic E-state index is -3.68. The summed E-state index contributed by atoms with van der Waals surface area (Å²) in [4.78, 5) is 12.8. The van der Waals surface area contributed by atoms with Crippen molar-refractivity contribution in [2.45, 2.75) is 33.6 Å². The molecule has 29 heavy (non-hydrogen) atoms. The number of ether oxygens (including phenoxy) is 2. The van der Waals surface area contributed by atoms with Crippen molar-refractivity contribution in [3.8, 4) is 11.5 Å². The standard InChI is InChI=1S/C21H26N2O5S/c1-5-29(25,26)23(16-9-10-18-19(11-16)28-13-27-18)12-20(24)22-21-15(4)7-6-8-17(21)14(2)3/h6-11,14H,5,12-13H2,1-4H3,(H,22,24). The zero-order valence-corrected chi connectivity index (χ0v) is 17.9. The predicted octanol–water partition coefficient (Wildman–Crippen LogP) is 3.64. The molecule has 7 nitrogen and oxygen atoms in total. The third-order valence-electron chi connectivity index (χ3n) is 4.82. The van der Waals surface area contributed by atoms with Gasteiger partial charge in [0.05, 0.1) is 11.4 Å². The highest BCUT2D eigenvalue weighted by molar-refractivity contribution is 7.92. The molecule has 2 aromatic carbocycles. The molecule has 0 aliphatic carbocycles. The lowest BCUT2D eigenvalue weighted by atomic mass is 9.98. The average molecular weight is 419 g/mol. The van der Waals surface area contributed by atoms with Crippen LogP contribution in [-0.4, -0.2) is 33.4 Å². The average Bonchev–Trinajstić information content (AvgIpc) is 3.15. The van der Waals surface area contributed by atoms with Crippen molar-refractivity contribution in [1.82, 2.24) is 0 Å². The first-order valence-corrected chi connectivity index (χ1v) is 11.1. The summed E-state index contributed by atoms with van der Waals surface area (Å²) in [6.07, 6.45) is 0. The first-order chi connectivity index (χ1) is 13.7. The summed E-state index contributed by atoms with van der Waals surface area (Å²) in [7, 11) is -3.68. The Bertz CT molecular complexity index is 1020. The van der Waals surface area contributed by atoms with E-state index in [1.165, 1.54) is 0 Å². The Morgan fingerprint density at radius 1 is 1.17 bits per heavy atom. The number of nitrogens with zero attached hydrogens (tertiary/aromatic N) is 1. The number of benzene rings is 2. The normalized spacial score (nSPS) is 12.9. The fraction of sp³-hybridized carbons (Fsp3) is 0.381. The minimum Gasteiger partial charge on any atom is -0.454 e. The molecule has 0 atom stereocenters. The third-order valence-corrected chi connectivity index (χ3v) is 6.56. The molecule has 3 rings (SSSR count). The Morgan fingerprint density at radius 3 is 2.59 bits per heavy atom. The van der Waals surface area contributed by atoms with E-state index in [4.69, 9.17) is 9.47 Å². The first-order valence-electron chi connectivity index (χ1n) is 9.52. The second-order valence-corrected chi connectivity index (χ2v) is 9.37. The maximum atomic E-state index is 12.8. The number of sulfonamides is 1. The topological polar surface area (TPSA) is 84.9 Å². The van der Waals surface area contributed by atoms with Crippen LogP contribution in [0.15, 0.2) is 36.4 Å². The lowest BCUT2D eigenvalue weighted by Crippen LogP contribution is -2.39. The van der Waals surface area contributed by atoms with Crippen LogP contribution in [0.5, 0.6) is 11.5 Å². The van der Waals surface area contributed by atoms with Crippen molar-refractivity contribution in [3.05, 3.63) is 47.5 Å². The Kier molecular flexibility index (Phi) is 6.02. The van der Waals surface area contributed by atoms with Crippen molar-refractivity contribution >= 4 is 27.3 Å². The number of amides is 1. The number of fused-ring (bicyclic) bond motifs is 1. The van der Waals surface area contributed by atoms with Crippen molar-refractivity contribution in [2.24, 2.45) is 0 Å². The minimum absolute atomic E-state index is 0.0884. The molecule has 1 amide bonds. The molecule has 0 saturated carbocycles. The van der Waals surface area contributed by atoms with E-state index in [1.807, 2.05) is 39.0 Å².